The zero-order valence-corrected chi connectivity index (χ0v) is 11.5. The van der Waals surface area contributed by atoms with Crippen molar-refractivity contribution in [3.8, 4) is 11.5 Å². The molecule has 2 atom stereocenters. The van der Waals surface area contributed by atoms with Crippen molar-refractivity contribution in [1.82, 2.24) is 9.97 Å². The molecule has 5 heteroatoms. The second kappa shape index (κ2) is 4.66. The maximum atomic E-state index is 5.71. The number of fused-ring (bicyclic) bond motifs is 2. The smallest absolute Gasteiger partial charge is 0.163 e. The minimum atomic E-state index is 0.316. The summed E-state index contributed by atoms with van der Waals surface area (Å²) in [7, 11) is 0. The molecule has 1 N–H and O–H groups in total. The minimum Gasteiger partial charge on any atom is -0.489 e. The third-order valence-electron chi connectivity index (χ3n) is 3.95. The summed E-state index contributed by atoms with van der Waals surface area (Å²) < 4.78 is 17.0. The van der Waals surface area contributed by atoms with E-state index in [0.29, 0.717) is 25.2 Å². The molecule has 0 aliphatic carbocycles. The summed E-state index contributed by atoms with van der Waals surface area (Å²) in [6, 6.07) is 3.96. The number of aromatic nitrogens is 2. The maximum Gasteiger partial charge on any atom is 0.163 e. The van der Waals surface area contributed by atoms with Crippen LogP contribution in [0.1, 0.15) is 31.5 Å². The zero-order valence-electron chi connectivity index (χ0n) is 11.5. The molecule has 1 aromatic carbocycles. The van der Waals surface area contributed by atoms with E-state index in [-0.39, 0.29) is 0 Å². The summed E-state index contributed by atoms with van der Waals surface area (Å²) in [6.45, 7) is 4.25. The maximum absolute atomic E-state index is 5.71. The van der Waals surface area contributed by atoms with Crippen molar-refractivity contribution in [2.24, 2.45) is 0 Å². The Kier molecular flexibility index (Phi) is 2.80. The van der Waals surface area contributed by atoms with E-state index in [2.05, 4.69) is 11.9 Å². The molecule has 20 heavy (non-hydrogen) atoms. The Morgan fingerprint density at radius 1 is 1.20 bits per heavy atom. The lowest BCUT2D eigenvalue weighted by Gasteiger charge is -2.05. The number of nitrogens with one attached hydrogen (secondary N) is 1. The molecule has 106 valence electrons. The lowest BCUT2D eigenvalue weighted by atomic mass is 10.1. The van der Waals surface area contributed by atoms with Gasteiger partial charge in [0, 0.05) is 24.5 Å². The van der Waals surface area contributed by atoms with Gasteiger partial charge in [-0.3, -0.25) is 0 Å². The quantitative estimate of drug-likeness (QED) is 0.868. The molecule has 0 amide bonds. The van der Waals surface area contributed by atoms with Crippen molar-refractivity contribution in [2.75, 3.05) is 19.8 Å². The van der Waals surface area contributed by atoms with Crippen LogP contribution in [0.4, 0.5) is 0 Å². The molecule has 2 aliphatic rings. The first kappa shape index (κ1) is 12.0. The lowest BCUT2D eigenvalue weighted by molar-refractivity contribution is 0.123. The molecule has 5 nitrogen and oxygen atoms in total. The van der Waals surface area contributed by atoms with Gasteiger partial charge in [-0.2, -0.15) is 0 Å². The molecule has 3 heterocycles. The molecule has 0 saturated carbocycles. The van der Waals surface area contributed by atoms with E-state index in [4.69, 9.17) is 19.2 Å². The van der Waals surface area contributed by atoms with Gasteiger partial charge in [-0.05, 0) is 13.3 Å². The van der Waals surface area contributed by atoms with Crippen LogP contribution in [0.25, 0.3) is 11.0 Å². The van der Waals surface area contributed by atoms with Gasteiger partial charge < -0.3 is 19.2 Å². The second-order valence-corrected chi connectivity index (χ2v) is 5.57. The molecule has 1 fully saturated rings. The SMILES string of the molecule is CC1CC(c2nc3cc4c(cc3[nH]2)OCCCO4)CO1. The van der Waals surface area contributed by atoms with E-state index >= 15 is 0 Å². The molecule has 2 aromatic rings. The molecule has 4 rings (SSSR count). The fourth-order valence-electron chi connectivity index (χ4n) is 2.89. The molecular formula is C15H18N2O3. The highest BCUT2D eigenvalue weighted by atomic mass is 16.5. The molecule has 1 saturated heterocycles. The predicted molar refractivity (Wildman–Crippen MR) is 74.5 cm³/mol. The van der Waals surface area contributed by atoms with E-state index in [1.54, 1.807) is 0 Å². The van der Waals surface area contributed by atoms with Crippen LogP contribution in [0.2, 0.25) is 0 Å². The van der Waals surface area contributed by atoms with Crippen molar-refractivity contribution in [3.63, 3.8) is 0 Å². The lowest BCUT2D eigenvalue weighted by Crippen LogP contribution is -2.00. The van der Waals surface area contributed by atoms with Crippen LogP contribution < -0.4 is 9.47 Å². The third kappa shape index (κ3) is 2.02. The highest BCUT2D eigenvalue weighted by Gasteiger charge is 2.26. The number of nitrogens with zero attached hydrogens (tertiary/aromatic N) is 1. The average molecular weight is 274 g/mol. The van der Waals surface area contributed by atoms with Gasteiger partial charge in [-0.1, -0.05) is 0 Å². The normalized spacial score (nSPS) is 25.9. The van der Waals surface area contributed by atoms with E-state index in [1.165, 1.54) is 0 Å². The summed E-state index contributed by atoms with van der Waals surface area (Å²) in [6.07, 6.45) is 2.25. The first-order valence-corrected chi connectivity index (χ1v) is 7.20. The average Bonchev–Trinajstić information content (AvgIpc) is 2.97. The van der Waals surface area contributed by atoms with Crippen LogP contribution in [0.5, 0.6) is 11.5 Å². The van der Waals surface area contributed by atoms with Gasteiger partial charge in [-0.15, -0.1) is 0 Å². The van der Waals surface area contributed by atoms with Crippen LogP contribution in [-0.2, 0) is 4.74 Å². The fraction of sp³-hybridized carbons (Fsp3) is 0.533. The number of imidazole rings is 1. The van der Waals surface area contributed by atoms with Gasteiger partial charge in [0.1, 0.15) is 5.82 Å². The topological polar surface area (TPSA) is 56.4 Å². The van der Waals surface area contributed by atoms with E-state index in [9.17, 15) is 0 Å². The molecule has 0 radical (unpaired) electrons. The number of H-pyrrole nitrogens is 1. The Balaban J connectivity index is 1.72. The standard InChI is InChI=1S/C15H18N2O3/c1-9-5-10(8-20-9)15-16-11-6-13-14(7-12(11)17-15)19-4-2-3-18-13/h6-7,9-10H,2-5,8H2,1H3,(H,16,17). The number of benzene rings is 1. The minimum absolute atomic E-state index is 0.316. The summed E-state index contributed by atoms with van der Waals surface area (Å²) >= 11 is 0. The van der Waals surface area contributed by atoms with Crippen molar-refractivity contribution in [3.05, 3.63) is 18.0 Å². The molecular weight excluding hydrogens is 256 g/mol. The number of aromatic amines is 1. The van der Waals surface area contributed by atoms with E-state index in [0.717, 1.165) is 47.8 Å². The van der Waals surface area contributed by atoms with Gasteiger partial charge in [0.15, 0.2) is 11.5 Å². The second-order valence-electron chi connectivity index (χ2n) is 5.57. The van der Waals surface area contributed by atoms with Gasteiger partial charge in [0.2, 0.25) is 0 Å². The van der Waals surface area contributed by atoms with Crippen molar-refractivity contribution < 1.29 is 14.2 Å². The van der Waals surface area contributed by atoms with Crippen LogP contribution in [0.15, 0.2) is 12.1 Å². The largest absolute Gasteiger partial charge is 0.489 e. The van der Waals surface area contributed by atoms with Crippen molar-refractivity contribution in [1.29, 1.82) is 0 Å². The molecule has 2 aliphatic heterocycles. The Morgan fingerprint density at radius 3 is 2.75 bits per heavy atom. The molecule has 2 unspecified atom stereocenters. The summed E-state index contributed by atoms with van der Waals surface area (Å²) in [5.74, 6) is 2.97. The van der Waals surface area contributed by atoms with Crippen LogP contribution in [0, 0.1) is 0 Å². The van der Waals surface area contributed by atoms with Gasteiger partial charge in [0.25, 0.3) is 0 Å². The Hall–Kier alpha value is -1.75. The van der Waals surface area contributed by atoms with E-state index < -0.39 is 0 Å². The van der Waals surface area contributed by atoms with Crippen molar-refractivity contribution >= 4 is 11.0 Å². The first-order chi connectivity index (χ1) is 9.79. The summed E-state index contributed by atoms with van der Waals surface area (Å²) in [4.78, 5) is 8.10. The molecule has 0 bridgehead atoms. The Bertz CT molecular complexity index is 594. The zero-order chi connectivity index (χ0) is 13.5. The van der Waals surface area contributed by atoms with Crippen molar-refractivity contribution in [2.45, 2.75) is 31.8 Å². The molecule has 0 spiro atoms. The van der Waals surface area contributed by atoms with E-state index in [1.807, 2.05) is 12.1 Å². The summed E-state index contributed by atoms with van der Waals surface area (Å²) in [5, 5.41) is 0. The molecule has 1 aromatic heterocycles. The van der Waals surface area contributed by atoms with Gasteiger partial charge in [0.05, 0.1) is 37.0 Å². The number of hydrogen-bond donors (Lipinski definition) is 1. The number of rotatable bonds is 1. The van der Waals surface area contributed by atoms with Crippen LogP contribution >= 0.6 is 0 Å². The third-order valence-corrected chi connectivity index (χ3v) is 3.95. The Morgan fingerprint density at radius 2 is 2.00 bits per heavy atom. The summed E-state index contributed by atoms with van der Waals surface area (Å²) in [5.41, 5.74) is 1.94. The first-order valence-electron chi connectivity index (χ1n) is 7.20. The highest BCUT2D eigenvalue weighted by molar-refractivity contribution is 5.80. The van der Waals surface area contributed by atoms with Gasteiger partial charge >= 0.3 is 0 Å². The fourth-order valence-corrected chi connectivity index (χ4v) is 2.89. The number of ether oxygens (including phenoxy) is 3. The van der Waals surface area contributed by atoms with Gasteiger partial charge in [-0.25, -0.2) is 4.98 Å². The predicted octanol–water partition coefficient (Wildman–Crippen LogP) is 2.62. The van der Waals surface area contributed by atoms with Crippen LogP contribution in [0.3, 0.4) is 0 Å². The highest BCUT2D eigenvalue weighted by Crippen LogP contribution is 2.35. The number of hydrogen-bond acceptors (Lipinski definition) is 4. The van der Waals surface area contributed by atoms with Crippen LogP contribution in [-0.4, -0.2) is 35.9 Å². The Labute approximate surface area is 117 Å². The monoisotopic (exact) mass is 274 g/mol.